The maximum atomic E-state index is 10.9. The normalized spacial score (nSPS) is 12.2. The Bertz CT molecular complexity index is 363. The molecule has 0 bridgehead atoms. The molecule has 4 nitrogen and oxygen atoms in total. The Morgan fingerprint density at radius 3 is 2.73 bits per heavy atom. The Labute approximate surface area is 88.6 Å². The van der Waals surface area contributed by atoms with Gasteiger partial charge < -0.3 is 15.5 Å². The number of anilines is 1. The number of hydrogen-bond donors (Lipinski definition) is 3. The Morgan fingerprint density at radius 1 is 1.53 bits per heavy atom. The third-order valence-corrected chi connectivity index (χ3v) is 2.08. The van der Waals surface area contributed by atoms with Gasteiger partial charge in [-0.2, -0.15) is 0 Å². The minimum atomic E-state index is -0.970. The number of aliphatic hydroxyl groups is 1. The van der Waals surface area contributed by atoms with Gasteiger partial charge in [0.25, 0.3) is 0 Å². The molecule has 0 aromatic heterocycles. The van der Waals surface area contributed by atoms with Gasteiger partial charge in [-0.1, -0.05) is 6.07 Å². The molecule has 1 aromatic carbocycles. The van der Waals surface area contributed by atoms with Crippen LogP contribution in [-0.2, 0) is 0 Å². The molecule has 0 aliphatic carbocycles. The average molecular weight is 209 g/mol. The molecule has 3 N–H and O–H groups in total. The summed E-state index contributed by atoms with van der Waals surface area (Å²) in [5.74, 6) is -0.970. The largest absolute Gasteiger partial charge is 0.478 e. The van der Waals surface area contributed by atoms with Crippen molar-refractivity contribution >= 4 is 11.7 Å². The maximum absolute atomic E-state index is 10.9. The monoisotopic (exact) mass is 209 g/mol. The highest BCUT2D eigenvalue weighted by Crippen LogP contribution is 2.18. The third-order valence-electron chi connectivity index (χ3n) is 2.08. The summed E-state index contributed by atoms with van der Waals surface area (Å²) in [7, 11) is 0. The summed E-state index contributed by atoms with van der Waals surface area (Å²) in [6, 6.07) is 4.91. The van der Waals surface area contributed by atoms with E-state index in [-0.39, 0.29) is 18.2 Å². The molecule has 1 rings (SSSR count). The van der Waals surface area contributed by atoms with Gasteiger partial charge in [0.05, 0.1) is 12.2 Å². The second kappa shape index (κ2) is 4.79. The molecule has 0 aliphatic heterocycles. The van der Waals surface area contributed by atoms with E-state index in [4.69, 9.17) is 10.2 Å². The Balaban J connectivity index is 3.02. The van der Waals surface area contributed by atoms with Gasteiger partial charge in [0, 0.05) is 11.7 Å². The van der Waals surface area contributed by atoms with Crippen molar-refractivity contribution in [2.45, 2.75) is 19.9 Å². The highest BCUT2D eigenvalue weighted by Gasteiger charge is 2.11. The predicted octanol–water partition coefficient (Wildman–Crippen LogP) is 1.49. The van der Waals surface area contributed by atoms with Gasteiger partial charge in [-0.25, -0.2) is 4.79 Å². The first-order valence-electron chi connectivity index (χ1n) is 4.76. The van der Waals surface area contributed by atoms with Crippen molar-refractivity contribution in [1.29, 1.82) is 0 Å². The Kier molecular flexibility index (Phi) is 3.68. The number of carboxylic acid groups (broad SMARTS) is 1. The van der Waals surface area contributed by atoms with Gasteiger partial charge in [-0.05, 0) is 31.5 Å². The predicted molar refractivity (Wildman–Crippen MR) is 58.3 cm³/mol. The van der Waals surface area contributed by atoms with Crippen LogP contribution >= 0.6 is 0 Å². The summed E-state index contributed by atoms with van der Waals surface area (Å²) < 4.78 is 0. The lowest BCUT2D eigenvalue weighted by molar-refractivity contribution is 0.0698. The molecule has 1 atom stereocenters. The standard InChI is InChI=1S/C11H15NO3/c1-7-3-4-9(11(14)15)10(5-7)12-8(2)6-13/h3-5,8,12-13H,6H2,1-2H3,(H,14,15). The molecule has 15 heavy (non-hydrogen) atoms. The van der Waals surface area contributed by atoms with Crippen LogP contribution < -0.4 is 5.32 Å². The van der Waals surface area contributed by atoms with E-state index < -0.39 is 5.97 Å². The van der Waals surface area contributed by atoms with Crippen molar-refractivity contribution in [3.05, 3.63) is 29.3 Å². The van der Waals surface area contributed by atoms with E-state index in [2.05, 4.69) is 5.32 Å². The van der Waals surface area contributed by atoms with Crippen molar-refractivity contribution in [3.63, 3.8) is 0 Å². The Hall–Kier alpha value is -1.55. The van der Waals surface area contributed by atoms with E-state index in [1.165, 1.54) is 0 Å². The Morgan fingerprint density at radius 2 is 2.20 bits per heavy atom. The summed E-state index contributed by atoms with van der Waals surface area (Å²) in [6.07, 6.45) is 0. The van der Waals surface area contributed by atoms with Crippen LogP contribution in [0.25, 0.3) is 0 Å². The molecule has 0 saturated heterocycles. The number of carboxylic acids is 1. The fourth-order valence-corrected chi connectivity index (χ4v) is 1.28. The summed E-state index contributed by atoms with van der Waals surface area (Å²) in [4.78, 5) is 10.9. The number of rotatable bonds is 4. The molecule has 0 spiro atoms. The number of carbonyl (C=O) groups is 1. The zero-order chi connectivity index (χ0) is 11.4. The SMILES string of the molecule is Cc1ccc(C(=O)O)c(NC(C)CO)c1. The molecule has 0 aliphatic rings. The summed E-state index contributed by atoms with van der Waals surface area (Å²) in [5.41, 5.74) is 1.75. The number of benzene rings is 1. The maximum Gasteiger partial charge on any atom is 0.337 e. The zero-order valence-corrected chi connectivity index (χ0v) is 8.82. The third kappa shape index (κ3) is 2.95. The van der Waals surface area contributed by atoms with Crippen LogP contribution in [0, 0.1) is 6.92 Å². The lowest BCUT2D eigenvalue weighted by Crippen LogP contribution is -2.21. The first-order valence-corrected chi connectivity index (χ1v) is 4.76. The first kappa shape index (κ1) is 11.5. The minimum Gasteiger partial charge on any atom is -0.478 e. The minimum absolute atomic E-state index is 0.0347. The lowest BCUT2D eigenvalue weighted by Gasteiger charge is -2.15. The average Bonchev–Trinajstić information content (AvgIpc) is 2.17. The van der Waals surface area contributed by atoms with E-state index in [9.17, 15) is 4.79 Å². The van der Waals surface area contributed by atoms with Crippen LogP contribution in [0.2, 0.25) is 0 Å². The fraction of sp³-hybridized carbons (Fsp3) is 0.364. The summed E-state index contributed by atoms with van der Waals surface area (Å²) >= 11 is 0. The zero-order valence-electron chi connectivity index (χ0n) is 8.82. The van der Waals surface area contributed by atoms with Crippen molar-refractivity contribution in [2.24, 2.45) is 0 Å². The number of nitrogens with one attached hydrogen (secondary N) is 1. The van der Waals surface area contributed by atoms with Crippen molar-refractivity contribution in [2.75, 3.05) is 11.9 Å². The molecule has 4 heteroatoms. The van der Waals surface area contributed by atoms with Crippen LogP contribution in [0.4, 0.5) is 5.69 Å². The first-order chi connectivity index (χ1) is 7.04. The van der Waals surface area contributed by atoms with Crippen molar-refractivity contribution < 1.29 is 15.0 Å². The topological polar surface area (TPSA) is 69.6 Å². The fourth-order valence-electron chi connectivity index (χ4n) is 1.28. The molecule has 0 amide bonds. The van der Waals surface area contributed by atoms with Gasteiger partial charge in [0.2, 0.25) is 0 Å². The van der Waals surface area contributed by atoms with Crippen LogP contribution in [0.5, 0.6) is 0 Å². The highest BCUT2D eigenvalue weighted by atomic mass is 16.4. The summed E-state index contributed by atoms with van der Waals surface area (Å²) in [5, 5.41) is 20.8. The highest BCUT2D eigenvalue weighted by molar-refractivity contribution is 5.94. The molecular formula is C11H15NO3. The summed E-state index contributed by atoms with van der Waals surface area (Å²) in [6.45, 7) is 3.64. The smallest absolute Gasteiger partial charge is 0.337 e. The molecule has 0 radical (unpaired) electrons. The van der Waals surface area contributed by atoms with Crippen molar-refractivity contribution in [3.8, 4) is 0 Å². The molecular weight excluding hydrogens is 194 g/mol. The van der Waals surface area contributed by atoms with Gasteiger partial charge in [0.1, 0.15) is 0 Å². The van der Waals surface area contributed by atoms with Crippen LogP contribution in [0.15, 0.2) is 18.2 Å². The second-order valence-corrected chi connectivity index (χ2v) is 3.58. The number of aromatic carboxylic acids is 1. The van der Waals surface area contributed by atoms with Gasteiger partial charge in [-0.15, -0.1) is 0 Å². The van der Waals surface area contributed by atoms with E-state index in [0.29, 0.717) is 5.69 Å². The number of aryl methyl sites for hydroxylation is 1. The van der Waals surface area contributed by atoms with Crippen LogP contribution in [0.1, 0.15) is 22.8 Å². The molecule has 0 saturated carbocycles. The second-order valence-electron chi connectivity index (χ2n) is 3.58. The molecule has 0 heterocycles. The van der Waals surface area contributed by atoms with E-state index in [0.717, 1.165) is 5.56 Å². The number of aliphatic hydroxyl groups excluding tert-OH is 1. The van der Waals surface area contributed by atoms with E-state index in [1.807, 2.05) is 6.92 Å². The lowest BCUT2D eigenvalue weighted by atomic mass is 10.1. The van der Waals surface area contributed by atoms with E-state index >= 15 is 0 Å². The van der Waals surface area contributed by atoms with Crippen LogP contribution in [-0.4, -0.2) is 28.8 Å². The number of hydrogen-bond acceptors (Lipinski definition) is 3. The van der Waals surface area contributed by atoms with Gasteiger partial charge in [0.15, 0.2) is 0 Å². The van der Waals surface area contributed by atoms with Crippen LogP contribution in [0.3, 0.4) is 0 Å². The van der Waals surface area contributed by atoms with Gasteiger partial charge >= 0.3 is 5.97 Å². The molecule has 0 fully saturated rings. The van der Waals surface area contributed by atoms with E-state index in [1.54, 1.807) is 25.1 Å². The molecule has 1 unspecified atom stereocenters. The molecule has 1 aromatic rings. The molecule has 82 valence electrons. The van der Waals surface area contributed by atoms with Crippen molar-refractivity contribution in [1.82, 2.24) is 0 Å². The quantitative estimate of drug-likeness (QED) is 0.702. The van der Waals surface area contributed by atoms with Gasteiger partial charge in [-0.3, -0.25) is 0 Å².